The number of alkyl halides is 1. The fraction of sp³-hybridized carbons (Fsp3) is 0.700. The lowest BCUT2D eigenvalue weighted by atomic mass is 9.92. The molecule has 13 heavy (non-hydrogen) atoms. The summed E-state index contributed by atoms with van der Waals surface area (Å²) in [7, 11) is 0. The zero-order chi connectivity index (χ0) is 10.1. The zero-order valence-electron chi connectivity index (χ0n) is 8.65. The molecule has 0 spiro atoms. The normalized spacial score (nSPS) is 12.1. The molecule has 1 heterocycles. The Labute approximate surface area is 87.9 Å². The van der Waals surface area contributed by atoms with E-state index in [1.54, 1.807) is 0 Å². The first kappa shape index (κ1) is 10.8. The molecule has 2 nitrogen and oxygen atoms in total. The highest BCUT2D eigenvalue weighted by Crippen LogP contribution is 2.24. The van der Waals surface area contributed by atoms with Crippen LogP contribution in [0.25, 0.3) is 0 Å². The molecule has 0 saturated carbocycles. The molecule has 74 valence electrons. The fourth-order valence-corrected chi connectivity index (χ4v) is 1.27. The molecule has 0 N–H and O–H groups in total. The van der Waals surface area contributed by atoms with Crippen molar-refractivity contribution in [3.05, 3.63) is 17.3 Å². The van der Waals surface area contributed by atoms with Gasteiger partial charge in [-0.2, -0.15) is 0 Å². The summed E-state index contributed by atoms with van der Waals surface area (Å²) in [6.45, 7) is 8.31. The maximum Gasteiger partial charge on any atom is 0.195 e. The van der Waals surface area contributed by atoms with Crippen molar-refractivity contribution < 1.29 is 4.42 Å². The van der Waals surface area contributed by atoms with E-state index in [0.29, 0.717) is 0 Å². The van der Waals surface area contributed by atoms with E-state index >= 15 is 0 Å². The number of oxazole rings is 1. The highest BCUT2D eigenvalue weighted by molar-refractivity contribution is 9.09. The molecule has 1 aromatic rings. The average Bonchev–Trinajstić information content (AvgIpc) is 2.30. The van der Waals surface area contributed by atoms with Crippen molar-refractivity contribution >= 4 is 15.9 Å². The maximum atomic E-state index is 5.52. The van der Waals surface area contributed by atoms with Gasteiger partial charge in [-0.1, -0.05) is 29.8 Å². The fourth-order valence-electron chi connectivity index (χ4n) is 1.07. The van der Waals surface area contributed by atoms with Crippen LogP contribution in [0.15, 0.2) is 4.42 Å². The minimum atomic E-state index is 0.212. The van der Waals surface area contributed by atoms with E-state index in [1.807, 2.05) is 13.8 Å². The van der Waals surface area contributed by atoms with Gasteiger partial charge in [0.2, 0.25) is 0 Å². The molecule has 0 fully saturated rings. The monoisotopic (exact) mass is 245 g/mol. The Hall–Kier alpha value is -0.310. The van der Waals surface area contributed by atoms with Crippen molar-refractivity contribution in [1.29, 1.82) is 0 Å². The van der Waals surface area contributed by atoms with Gasteiger partial charge in [-0.25, -0.2) is 4.98 Å². The van der Waals surface area contributed by atoms with Crippen molar-refractivity contribution in [2.45, 2.75) is 34.1 Å². The Morgan fingerprint density at radius 2 is 2.00 bits per heavy atom. The Kier molecular flexibility index (Phi) is 3.17. The van der Waals surface area contributed by atoms with E-state index in [9.17, 15) is 0 Å². The minimum absolute atomic E-state index is 0.212. The highest BCUT2D eigenvalue weighted by atomic mass is 79.9. The molecule has 0 aliphatic rings. The molecule has 0 aliphatic carbocycles. The third-order valence-electron chi connectivity index (χ3n) is 2.06. The summed E-state index contributed by atoms with van der Waals surface area (Å²) in [5, 5.41) is 0.959. The van der Waals surface area contributed by atoms with Gasteiger partial charge in [-0.05, 0) is 19.3 Å². The van der Waals surface area contributed by atoms with Crippen LogP contribution in [-0.2, 0) is 6.42 Å². The van der Waals surface area contributed by atoms with Gasteiger partial charge in [0.15, 0.2) is 5.89 Å². The molecule has 0 aliphatic heterocycles. The Bertz CT molecular complexity index is 272. The first-order valence-electron chi connectivity index (χ1n) is 4.43. The van der Waals surface area contributed by atoms with Crippen molar-refractivity contribution in [3.8, 4) is 0 Å². The van der Waals surface area contributed by atoms with Crippen LogP contribution in [0.1, 0.15) is 31.2 Å². The van der Waals surface area contributed by atoms with Gasteiger partial charge in [0.25, 0.3) is 0 Å². The van der Waals surface area contributed by atoms with Crippen LogP contribution in [0.4, 0.5) is 0 Å². The molecule has 1 rings (SSSR count). The summed E-state index contributed by atoms with van der Waals surface area (Å²) >= 11 is 3.48. The Morgan fingerprint density at radius 1 is 1.38 bits per heavy atom. The first-order chi connectivity index (χ1) is 5.94. The number of rotatable bonds is 3. The van der Waals surface area contributed by atoms with Crippen molar-refractivity contribution in [3.63, 3.8) is 0 Å². The topological polar surface area (TPSA) is 26.0 Å². The quantitative estimate of drug-likeness (QED) is 0.765. The predicted molar refractivity (Wildman–Crippen MR) is 57.3 cm³/mol. The van der Waals surface area contributed by atoms with Crippen molar-refractivity contribution in [1.82, 2.24) is 4.98 Å². The van der Waals surface area contributed by atoms with E-state index in [-0.39, 0.29) is 5.41 Å². The van der Waals surface area contributed by atoms with Crippen LogP contribution in [0.2, 0.25) is 0 Å². The van der Waals surface area contributed by atoms with E-state index in [2.05, 4.69) is 34.8 Å². The summed E-state index contributed by atoms with van der Waals surface area (Å²) in [4.78, 5) is 4.36. The van der Waals surface area contributed by atoms with Gasteiger partial charge >= 0.3 is 0 Å². The second kappa shape index (κ2) is 3.82. The number of halogens is 1. The molecular weight excluding hydrogens is 230 g/mol. The van der Waals surface area contributed by atoms with Crippen LogP contribution in [0.3, 0.4) is 0 Å². The molecule has 0 saturated heterocycles. The number of nitrogens with zero attached hydrogens (tertiary/aromatic N) is 1. The summed E-state index contributed by atoms with van der Waals surface area (Å²) in [6.07, 6.45) is 0.882. The third-order valence-corrected chi connectivity index (χ3v) is 3.58. The summed E-state index contributed by atoms with van der Waals surface area (Å²) in [6, 6.07) is 0. The number of aryl methyl sites for hydroxylation is 2. The highest BCUT2D eigenvalue weighted by Gasteiger charge is 2.20. The van der Waals surface area contributed by atoms with Crippen molar-refractivity contribution in [2.24, 2.45) is 5.41 Å². The smallest absolute Gasteiger partial charge is 0.195 e. The largest absolute Gasteiger partial charge is 0.446 e. The maximum absolute atomic E-state index is 5.52. The molecule has 0 aromatic carbocycles. The van der Waals surface area contributed by atoms with Gasteiger partial charge in [0.05, 0.1) is 5.69 Å². The summed E-state index contributed by atoms with van der Waals surface area (Å²) in [5.41, 5.74) is 1.21. The van der Waals surface area contributed by atoms with Crippen LogP contribution in [0.5, 0.6) is 0 Å². The van der Waals surface area contributed by atoms with Gasteiger partial charge in [-0.3, -0.25) is 0 Å². The molecule has 0 unspecified atom stereocenters. The van der Waals surface area contributed by atoms with Crippen molar-refractivity contribution in [2.75, 3.05) is 5.33 Å². The van der Waals surface area contributed by atoms with E-state index in [4.69, 9.17) is 4.42 Å². The standard InChI is InChI=1S/C10H16BrNO/c1-7-8(2)13-9(12-7)5-10(3,4)6-11/h5-6H2,1-4H3. The van der Waals surface area contributed by atoms with Crippen LogP contribution in [0, 0.1) is 19.3 Å². The first-order valence-corrected chi connectivity index (χ1v) is 5.55. The molecule has 3 heteroatoms. The Balaban J connectivity index is 2.75. The minimum Gasteiger partial charge on any atom is -0.446 e. The number of aromatic nitrogens is 1. The second-order valence-corrected chi connectivity index (χ2v) is 4.78. The second-order valence-electron chi connectivity index (χ2n) is 4.22. The molecule has 0 radical (unpaired) electrons. The third kappa shape index (κ3) is 2.83. The van der Waals surface area contributed by atoms with E-state index in [1.165, 1.54) is 0 Å². The SMILES string of the molecule is Cc1nc(CC(C)(C)CBr)oc1C. The van der Waals surface area contributed by atoms with Gasteiger partial charge in [0, 0.05) is 11.8 Å². The Morgan fingerprint density at radius 3 is 2.38 bits per heavy atom. The lowest BCUT2D eigenvalue weighted by Gasteiger charge is -2.18. The van der Waals surface area contributed by atoms with Crippen LogP contribution >= 0.6 is 15.9 Å². The number of hydrogen-bond acceptors (Lipinski definition) is 2. The molecule has 1 aromatic heterocycles. The van der Waals surface area contributed by atoms with E-state index < -0.39 is 0 Å². The zero-order valence-corrected chi connectivity index (χ0v) is 10.2. The van der Waals surface area contributed by atoms with Gasteiger partial charge in [-0.15, -0.1) is 0 Å². The summed E-state index contributed by atoms with van der Waals surface area (Å²) in [5.74, 6) is 1.78. The molecule has 0 bridgehead atoms. The van der Waals surface area contributed by atoms with Gasteiger partial charge < -0.3 is 4.42 Å². The molecular formula is C10H16BrNO. The van der Waals surface area contributed by atoms with Gasteiger partial charge in [0.1, 0.15) is 5.76 Å². The summed E-state index contributed by atoms with van der Waals surface area (Å²) < 4.78 is 5.52. The molecule has 0 amide bonds. The number of hydrogen-bond donors (Lipinski definition) is 0. The van der Waals surface area contributed by atoms with Crippen LogP contribution in [-0.4, -0.2) is 10.3 Å². The molecule has 0 atom stereocenters. The van der Waals surface area contributed by atoms with E-state index in [0.717, 1.165) is 29.1 Å². The average molecular weight is 246 g/mol. The lowest BCUT2D eigenvalue weighted by Crippen LogP contribution is -2.16. The predicted octanol–water partition coefficient (Wildman–Crippen LogP) is 3.26. The lowest BCUT2D eigenvalue weighted by molar-refractivity contribution is 0.357. The van der Waals surface area contributed by atoms with Crippen LogP contribution < -0.4 is 0 Å².